The Kier molecular flexibility index (Phi) is 6.75. The lowest BCUT2D eigenvalue weighted by Gasteiger charge is -2.24. The zero-order valence-corrected chi connectivity index (χ0v) is 12.9. The monoisotopic (exact) mass is 282 g/mol. The van der Waals surface area contributed by atoms with E-state index in [1.54, 1.807) is 11.0 Å². The molecule has 1 heterocycles. The summed E-state index contributed by atoms with van der Waals surface area (Å²) in [6.45, 7) is 10.9. The van der Waals surface area contributed by atoms with Crippen molar-refractivity contribution in [2.24, 2.45) is 0 Å². The van der Waals surface area contributed by atoms with Gasteiger partial charge in [0.25, 0.3) is 5.91 Å². The first kappa shape index (κ1) is 16.7. The molecule has 0 atom stereocenters. The lowest BCUT2D eigenvalue weighted by Crippen LogP contribution is -2.38. The van der Waals surface area contributed by atoms with Crippen LogP contribution in [0, 0.1) is 0 Å². The van der Waals surface area contributed by atoms with Gasteiger partial charge in [-0.15, -0.1) is 0 Å². The van der Waals surface area contributed by atoms with Crippen molar-refractivity contribution in [1.29, 1.82) is 0 Å². The number of furan rings is 1. The third-order valence-electron chi connectivity index (χ3n) is 3.37. The second-order valence-corrected chi connectivity index (χ2v) is 5.04. The van der Waals surface area contributed by atoms with E-state index in [4.69, 9.17) is 9.52 Å². The van der Waals surface area contributed by atoms with Crippen LogP contribution >= 0.6 is 0 Å². The molecule has 0 unspecified atom stereocenters. The molecule has 114 valence electrons. The first-order chi connectivity index (χ1) is 9.53. The van der Waals surface area contributed by atoms with Gasteiger partial charge in [0.15, 0.2) is 5.76 Å². The average Bonchev–Trinajstić information content (AvgIpc) is 2.89. The lowest BCUT2D eigenvalue weighted by molar-refractivity contribution is 0.0629. The van der Waals surface area contributed by atoms with Crippen molar-refractivity contribution in [2.45, 2.75) is 40.3 Å². The minimum Gasteiger partial charge on any atom is -0.455 e. The molecule has 0 saturated heterocycles. The molecule has 0 saturated carbocycles. The number of nitrogens with zero attached hydrogens (tertiary/aromatic N) is 2. The van der Waals surface area contributed by atoms with Crippen LogP contribution in [0.2, 0.25) is 0 Å². The number of carbonyl (C=O) groups excluding carboxylic acids is 1. The number of amides is 1. The molecule has 0 bridgehead atoms. The van der Waals surface area contributed by atoms with Gasteiger partial charge in [0.2, 0.25) is 0 Å². The Morgan fingerprint density at radius 2 is 1.95 bits per heavy atom. The zero-order chi connectivity index (χ0) is 15.1. The van der Waals surface area contributed by atoms with E-state index in [0.29, 0.717) is 18.8 Å². The predicted octanol–water partition coefficient (Wildman–Crippen LogP) is 1.96. The summed E-state index contributed by atoms with van der Waals surface area (Å²) in [5, 5.41) is 9.04. The third kappa shape index (κ3) is 4.35. The van der Waals surface area contributed by atoms with Crippen LogP contribution in [0.15, 0.2) is 16.5 Å². The highest BCUT2D eigenvalue weighted by molar-refractivity contribution is 5.91. The van der Waals surface area contributed by atoms with Crippen molar-refractivity contribution in [3.63, 3.8) is 0 Å². The molecule has 1 aromatic heterocycles. The summed E-state index contributed by atoms with van der Waals surface area (Å²) in [6.07, 6.45) is 0. The van der Waals surface area contributed by atoms with Crippen LogP contribution in [-0.2, 0) is 6.54 Å². The standard InChI is InChI=1S/C15H26N2O3/c1-5-16(6-2)11-13-7-8-14(20-13)15(19)17(9-10-18)12(3)4/h7-8,12,18H,5-6,9-11H2,1-4H3. The molecular weight excluding hydrogens is 256 g/mol. The van der Waals surface area contributed by atoms with Crippen molar-refractivity contribution in [3.8, 4) is 0 Å². The molecule has 0 aliphatic heterocycles. The number of aliphatic hydroxyl groups excluding tert-OH is 1. The fraction of sp³-hybridized carbons (Fsp3) is 0.667. The molecule has 5 nitrogen and oxygen atoms in total. The van der Waals surface area contributed by atoms with Gasteiger partial charge in [-0.3, -0.25) is 9.69 Å². The number of hydrogen-bond donors (Lipinski definition) is 1. The average molecular weight is 282 g/mol. The second-order valence-electron chi connectivity index (χ2n) is 5.04. The van der Waals surface area contributed by atoms with Crippen LogP contribution in [0.4, 0.5) is 0 Å². The maximum Gasteiger partial charge on any atom is 0.289 e. The van der Waals surface area contributed by atoms with Crippen molar-refractivity contribution in [2.75, 3.05) is 26.2 Å². The van der Waals surface area contributed by atoms with Gasteiger partial charge in [-0.1, -0.05) is 13.8 Å². The smallest absolute Gasteiger partial charge is 0.289 e. The number of carbonyl (C=O) groups is 1. The summed E-state index contributed by atoms with van der Waals surface area (Å²) in [5.74, 6) is 0.971. The number of aliphatic hydroxyl groups is 1. The minimum atomic E-state index is -0.167. The van der Waals surface area contributed by atoms with E-state index in [0.717, 1.165) is 18.8 Å². The van der Waals surface area contributed by atoms with E-state index < -0.39 is 0 Å². The fourth-order valence-electron chi connectivity index (χ4n) is 2.09. The van der Waals surface area contributed by atoms with E-state index in [-0.39, 0.29) is 18.6 Å². The summed E-state index contributed by atoms with van der Waals surface area (Å²) >= 11 is 0. The fourth-order valence-corrected chi connectivity index (χ4v) is 2.09. The van der Waals surface area contributed by atoms with Crippen LogP contribution in [-0.4, -0.2) is 53.1 Å². The first-order valence-electron chi connectivity index (χ1n) is 7.26. The number of hydrogen-bond acceptors (Lipinski definition) is 4. The predicted molar refractivity (Wildman–Crippen MR) is 78.6 cm³/mol. The molecule has 0 aliphatic rings. The minimum absolute atomic E-state index is 0.0333. The lowest BCUT2D eigenvalue weighted by atomic mass is 10.3. The summed E-state index contributed by atoms with van der Waals surface area (Å²) in [4.78, 5) is 16.2. The topological polar surface area (TPSA) is 56.9 Å². The molecule has 1 amide bonds. The van der Waals surface area contributed by atoms with Crippen molar-refractivity contribution < 1.29 is 14.3 Å². The van der Waals surface area contributed by atoms with Crippen LogP contribution in [0.1, 0.15) is 44.0 Å². The molecule has 0 fully saturated rings. The maximum atomic E-state index is 12.3. The molecule has 0 aliphatic carbocycles. The van der Waals surface area contributed by atoms with Crippen molar-refractivity contribution in [1.82, 2.24) is 9.80 Å². The Morgan fingerprint density at radius 3 is 2.45 bits per heavy atom. The SMILES string of the molecule is CCN(CC)Cc1ccc(C(=O)N(CCO)C(C)C)o1. The Hall–Kier alpha value is -1.33. The van der Waals surface area contributed by atoms with Crippen LogP contribution in [0.5, 0.6) is 0 Å². The molecule has 0 aromatic carbocycles. The van der Waals surface area contributed by atoms with Gasteiger partial charge in [-0.05, 0) is 39.1 Å². The van der Waals surface area contributed by atoms with Gasteiger partial charge < -0.3 is 14.4 Å². The van der Waals surface area contributed by atoms with Crippen LogP contribution < -0.4 is 0 Å². The Balaban J connectivity index is 2.77. The van der Waals surface area contributed by atoms with Gasteiger partial charge in [-0.2, -0.15) is 0 Å². The Bertz CT molecular complexity index is 411. The Labute approximate surface area is 121 Å². The molecule has 0 spiro atoms. The molecule has 1 aromatic rings. The van der Waals surface area contributed by atoms with Gasteiger partial charge in [0.05, 0.1) is 13.2 Å². The molecule has 20 heavy (non-hydrogen) atoms. The van der Waals surface area contributed by atoms with Gasteiger partial charge in [-0.25, -0.2) is 0 Å². The quantitative estimate of drug-likeness (QED) is 0.792. The third-order valence-corrected chi connectivity index (χ3v) is 3.37. The molecule has 0 radical (unpaired) electrons. The molecular formula is C15H26N2O3. The van der Waals surface area contributed by atoms with E-state index in [1.165, 1.54) is 0 Å². The summed E-state index contributed by atoms with van der Waals surface area (Å²) < 4.78 is 5.64. The Morgan fingerprint density at radius 1 is 1.30 bits per heavy atom. The second kappa shape index (κ2) is 8.07. The maximum absolute atomic E-state index is 12.3. The molecule has 1 rings (SSSR count). The summed E-state index contributed by atoms with van der Waals surface area (Å²) in [6, 6.07) is 3.60. The summed E-state index contributed by atoms with van der Waals surface area (Å²) in [5.41, 5.74) is 0. The number of rotatable bonds is 8. The highest BCUT2D eigenvalue weighted by Gasteiger charge is 2.21. The first-order valence-corrected chi connectivity index (χ1v) is 7.26. The highest BCUT2D eigenvalue weighted by Crippen LogP contribution is 2.14. The van der Waals surface area contributed by atoms with Gasteiger partial charge in [0, 0.05) is 12.6 Å². The molecule has 5 heteroatoms. The van der Waals surface area contributed by atoms with E-state index in [9.17, 15) is 4.79 Å². The van der Waals surface area contributed by atoms with E-state index in [1.807, 2.05) is 19.9 Å². The van der Waals surface area contributed by atoms with E-state index in [2.05, 4.69) is 18.7 Å². The van der Waals surface area contributed by atoms with Gasteiger partial charge in [0.1, 0.15) is 5.76 Å². The molecule has 1 N–H and O–H groups in total. The summed E-state index contributed by atoms with van der Waals surface area (Å²) in [7, 11) is 0. The van der Waals surface area contributed by atoms with Crippen molar-refractivity contribution >= 4 is 5.91 Å². The highest BCUT2D eigenvalue weighted by atomic mass is 16.4. The van der Waals surface area contributed by atoms with E-state index >= 15 is 0 Å². The van der Waals surface area contributed by atoms with Crippen LogP contribution in [0.3, 0.4) is 0 Å². The van der Waals surface area contributed by atoms with Crippen LogP contribution in [0.25, 0.3) is 0 Å². The zero-order valence-electron chi connectivity index (χ0n) is 12.9. The normalized spacial score (nSPS) is 11.3. The van der Waals surface area contributed by atoms with Gasteiger partial charge >= 0.3 is 0 Å². The van der Waals surface area contributed by atoms with Crippen molar-refractivity contribution in [3.05, 3.63) is 23.7 Å². The largest absolute Gasteiger partial charge is 0.455 e.